The number of nitrogens with one attached hydrogen (secondary N) is 1. The van der Waals surface area contributed by atoms with Crippen molar-refractivity contribution in [3.8, 4) is 0 Å². The third-order valence-electron chi connectivity index (χ3n) is 2.27. The molecular weight excluding hydrogens is 239 g/mol. The molecule has 3 N–H and O–H groups in total. The summed E-state index contributed by atoms with van der Waals surface area (Å²) in [6.07, 6.45) is 0.643. The fourth-order valence-corrected chi connectivity index (χ4v) is 2.40. The summed E-state index contributed by atoms with van der Waals surface area (Å²) in [5, 5.41) is 3.02. The lowest BCUT2D eigenvalue weighted by Gasteiger charge is -2.13. The van der Waals surface area contributed by atoms with Gasteiger partial charge in [0.25, 0.3) is 0 Å². The van der Waals surface area contributed by atoms with Crippen molar-refractivity contribution in [3.05, 3.63) is 30.1 Å². The zero-order chi connectivity index (χ0) is 12.7. The normalized spacial score (nSPS) is 12.4. The number of carbonyl (C=O) groups excluding carboxylic acids is 1. The minimum absolute atomic E-state index is 0.242. The summed E-state index contributed by atoms with van der Waals surface area (Å²) >= 11 is 1.52. The lowest BCUT2D eigenvalue weighted by atomic mass is 10.2. The molecule has 94 valence electrons. The molecule has 0 aromatic heterocycles. The van der Waals surface area contributed by atoms with Crippen molar-refractivity contribution in [3.63, 3.8) is 0 Å². The van der Waals surface area contributed by atoms with E-state index in [4.69, 9.17) is 5.73 Å². The first-order valence-corrected chi connectivity index (χ1v) is 6.53. The molecule has 1 amide bonds. The second-order valence-corrected chi connectivity index (χ2v) is 4.78. The molecular formula is C12H17FN2OS. The fourth-order valence-electron chi connectivity index (χ4n) is 1.44. The maximum Gasteiger partial charge on any atom is 0.234 e. The summed E-state index contributed by atoms with van der Waals surface area (Å²) in [6.45, 7) is 2.63. The molecule has 1 aromatic carbocycles. The highest BCUT2D eigenvalue weighted by Crippen LogP contribution is 2.19. The first kappa shape index (κ1) is 14.0. The number of halogens is 1. The Morgan fingerprint density at radius 1 is 1.59 bits per heavy atom. The first-order chi connectivity index (χ1) is 8.13. The highest BCUT2D eigenvalue weighted by atomic mass is 32.2. The van der Waals surface area contributed by atoms with Crippen molar-refractivity contribution >= 4 is 17.7 Å². The van der Waals surface area contributed by atoms with E-state index in [1.54, 1.807) is 6.07 Å². The van der Waals surface area contributed by atoms with Crippen molar-refractivity contribution in [2.75, 3.05) is 12.3 Å². The van der Waals surface area contributed by atoms with Gasteiger partial charge in [-0.05, 0) is 36.9 Å². The van der Waals surface area contributed by atoms with Crippen LogP contribution in [0, 0.1) is 5.82 Å². The average Bonchev–Trinajstić information content (AvgIpc) is 2.28. The quantitative estimate of drug-likeness (QED) is 0.731. The van der Waals surface area contributed by atoms with Gasteiger partial charge in [0.2, 0.25) is 5.91 Å². The number of hydrogen-bond acceptors (Lipinski definition) is 3. The molecule has 1 atom stereocenters. The predicted octanol–water partition coefficient (Wildman–Crippen LogP) is 1.77. The van der Waals surface area contributed by atoms with E-state index in [2.05, 4.69) is 5.32 Å². The maximum absolute atomic E-state index is 12.9. The molecule has 5 heteroatoms. The molecule has 0 bridgehead atoms. The lowest BCUT2D eigenvalue weighted by molar-refractivity contribution is -0.120. The molecule has 1 aromatic rings. The zero-order valence-corrected chi connectivity index (χ0v) is 10.6. The number of amides is 1. The molecule has 17 heavy (non-hydrogen) atoms. The molecule has 0 aliphatic heterocycles. The smallest absolute Gasteiger partial charge is 0.234 e. The number of rotatable bonds is 7. The highest BCUT2D eigenvalue weighted by molar-refractivity contribution is 7.99. The average molecular weight is 256 g/mol. The van der Waals surface area contributed by atoms with Gasteiger partial charge in [0.05, 0.1) is 6.04 Å². The molecule has 1 rings (SSSR count). The molecule has 0 radical (unpaired) electrons. The van der Waals surface area contributed by atoms with Crippen molar-refractivity contribution in [1.29, 1.82) is 0 Å². The van der Waals surface area contributed by atoms with Crippen molar-refractivity contribution in [1.82, 2.24) is 5.32 Å². The first-order valence-electron chi connectivity index (χ1n) is 5.54. The van der Waals surface area contributed by atoms with Gasteiger partial charge in [0, 0.05) is 4.90 Å². The van der Waals surface area contributed by atoms with Crippen LogP contribution in [-0.4, -0.2) is 24.2 Å². The van der Waals surface area contributed by atoms with Crippen molar-refractivity contribution in [2.45, 2.75) is 24.3 Å². The minimum Gasteiger partial charge on any atom is -0.368 e. The third kappa shape index (κ3) is 5.19. The van der Waals surface area contributed by atoms with E-state index >= 15 is 0 Å². The highest BCUT2D eigenvalue weighted by Gasteiger charge is 2.12. The Labute approximate surface area is 105 Å². The summed E-state index contributed by atoms with van der Waals surface area (Å²) in [6, 6.07) is 6.11. The van der Waals surface area contributed by atoms with Gasteiger partial charge in [-0.2, -0.15) is 0 Å². The largest absolute Gasteiger partial charge is 0.368 e. The Morgan fingerprint density at radius 3 is 2.94 bits per heavy atom. The number of likely N-dealkylation sites (N-methyl/N-ethyl adjacent to an activating group) is 1. The number of primary amides is 1. The van der Waals surface area contributed by atoms with E-state index in [9.17, 15) is 9.18 Å². The summed E-state index contributed by atoms with van der Waals surface area (Å²) in [7, 11) is 0. The summed E-state index contributed by atoms with van der Waals surface area (Å²) in [5.41, 5.74) is 5.26. The molecule has 0 saturated carbocycles. The van der Waals surface area contributed by atoms with Crippen LogP contribution in [-0.2, 0) is 4.79 Å². The van der Waals surface area contributed by atoms with Gasteiger partial charge in [-0.15, -0.1) is 11.8 Å². The summed E-state index contributed by atoms with van der Waals surface area (Å²) in [5.74, 6) is 0.143. The van der Waals surface area contributed by atoms with Crippen LogP contribution in [0.3, 0.4) is 0 Å². The number of nitrogens with two attached hydrogens (primary N) is 1. The number of carbonyl (C=O) groups is 1. The topological polar surface area (TPSA) is 55.1 Å². The third-order valence-corrected chi connectivity index (χ3v) is 3.29. The van der Waals surface area contributed by atoms with Gasteiger partial charge >= 0.3 is 0 Å². The second-order valence-electron chi connectivity index (χ2n) is 3.61. The van der Waals surface area contributed by atoms with Crippen LogP contribution in [0.1, 0.15) is 13.3 Å². The van der Waals surface area contributed by atoms with E-state index < -0.39 is 0 Å². The van der Waals surface area contributed by atoms with Gasteiger partial charge in [-0.25, -0.2) is 4.39 Å². The Morgan fingerprint density at radius 2 is 2.35 bits per heavy atom. The van der Waals surface area contributed by atoms with Gasteiger partial charge in [0.15, 0.2) is 0 Å². The fraction of sp³-hybridized carbons (Fsp3) is 0.417. The van der Waals surface area contributed by atoms with Gasteiger partial charge in [0.1, 0.15) is 5.82 Å². The van der Waals surface area contributed by atoms with Crippen molar-refractivity contribution < 1.29 is 9.18 Å². The van der Waals surface area contributed by atoms with Crippen molar-refractivity contribution in [2.24, 2.45) is 5.73 Å². The van der Waals surface area contributed by atoms with Crippen LogP contribution in [0.15, 0.2) is 29.2 Å². The molecule has 0 aliphatic carbocycles. The molecule has 0 aliphatic rings. The van der Waals surface area contributed by atoms with Crippen LogP contribution in [0.5, 0.6) is 0 Å². The standard InChI is InChI=1S/C12H17FN2OS/c1-2-15-11(12(14)16)6-7-17-10-5-3-4-9(13)8-10/h3-5,8,11,15H,2,6-7H2,1H3,(H2,14,16). The Hall–Kier alpha value is -1.07. The molecule has 0 spiro atoms. The molecule has 0 fully saturated rings. The Bertz CT molecular complexity index is 373. The monoisotopic (exact) mass is 256 g/mol. The zero-order valence-electron chi connectivity index (χ0n) is 9.78. The van der Waals surface area contributed by atoms with Crippen LogP contribution in [0.25, 0.3) is 0 Å². The summed E-state index contributed by atoms with van der Waals surface area (Å²) < 4.78 is 12.9. The Balaban J connectivity index is 2.38. The molecule has 0 saturated heterocycles. The lowest BCUT2D eigenvalue weighted by Crippen LogP contribution is -2.41. The van der Waals surface area contributed by atoms with E-state index in [-0.39, 0.29) is 17.8 Å². The minimum atomic E-state index is -0.341. The van der Waals surface area contributed by atoms with Crippen LogP contribution in [0.2, 0.25) is 0 Å². The number of hydrogen-bond donors (Lipinski definition) is 2. The number of benzene rings is 1. The molecule has 1 unspecified atom stereocenters. The van der Waals surface area contributed by atoms with Crippen LogP contribution >= 0.6 is 11.8 Å². The molecule has 0 heterocycles. The van der Waals surface area contributed by atoms with Crippen LogP contribution in [0.4, 0.5) is 4.39 Å². The van der Waals surface area contributed by atoms with E-state index in [0.717, 1.165) is 10.6 Å². The van der Waals surface area contributed by atoms with E-state index in [1.165, 1.54) is 23.9 Å². The summed E-state index contributed by atoms with van der Waals surface area (Å²) in [4.78, 5) is 11.9. The van der Waals surface area contributed by atoms with Gasteiger partial charge in [-0.1, -0.05) is 13.0 Å². The Kier molecular flexibility index (Phi) is 6.00. The van der Waals surface area contributed by atoms with Gasteiger partial charge < -0.3 is 11.1 Å². The second kappa shape index (κ2) is 7.29. The van der Waals surface area contributed by atoms with Crippen LogP contribution < -0.4 is 11.1 Å². The predicted molar refractivity (Wildman–Crippen MR) is 68.4 cm³/mol. The van der Waals surface area contributed by atoms with Gasteiger partial charge in [-0.3, -0.25) is 4.79 Å². The van der Waals surface area contributed by atoms with E-state index in [0.29, 0.717) is 13.0 Å². The molecule has 3 nitrogen and oxygen atoms in total. The number of thioether (sulfide) groups is 1. The SMILES string of the molecule is CCNC(CCSc1cccc(F)c1)C(N)=O. The van der Waals surface area contributed by atoms with E-state index in [1.807, 2.05) is 13.0 Å². The maximum atomic E-state index is 12.9.